The van der Waals surface area contributed by atoms with Crippen LogP contribution in [-0.4, -0.2) is 37.2 Å². The van der Waals surface area contributed by atoms with Crippen molar-refractivity contribution < 1.29 is 28.6 Å². The molecule has 0 fully saturated rings. The highest BCUT2D eigenvalue weighted by Gasteiger charge is 2.19. The minimum absolute atomic E-state index is 0.0809. The molecule has 0 aromatic heterocycles. The summed E-state index contributed by atoms with van der Waals surface area (Å²) in [4.78, 5) is 37.6. The van der Waals surface area contributed by atoms with E-state index in [1.54, 1.807) is 0 Å². The third kappa shape index (κ3) is 38.6. The van der Waals surface area contributed by atoms with Gasteiger partial charge in [-0.1, -0.05) is 179 Å². The van der Waals surface area contributed by atoms with Gasteiger partial charge in [0.2, 0.25) is 0 Å². The van der Waals surface area contributed by atoms with Gasteiger partial charge in [0.25, 0.3) is 0 Å². The van der Waals surface area contributed by atoms with Crippen LogP contribution in [0.5, 0.6) is 0 Å². The maximum absolute atomic E-state index is 12.6. The summed E-state index contributed by atoms with van der Waals surface area (Å²) in [6, 6.07) is 0. The fourth-order valence-corrected chi connectivity index (χ4v) is 5.83. The van der Waals surface area contributed by atoms with Crippen molar-refractivity contribution in [2.75, 3.05) is 13.2 Å². The summed E-state index contributed by atoms with van der Waals surface area (Å²) >= 11 is 0. The topological polar surface area (TPSA) is 78.9 Å². The monoisotopic (exact) mass is 729 g/mol. The van der Waals surface area contributed by atoms with Crippen LogP contribution < -0.4 is 0 Å². The summed E-state index contributed by atoms with van der Waals surface area (Å²) in [5.41, 5.74) is 0. The first kappa shape index (κ1) is 49.4. The van der Waals surface area contributed by atoms with Crippen LogP contribution in [0.2, 0.25) is 0 Å². The molecule has 0 heterocycles. The predicted octanol–water partition coefficient (Wildman–Crippen LogP) is 13.6. The summed E-state index contributed by atoms with van der Waals surface area (Å²) in [5.74, 6) is -0.914. The second-order valence-corrected chi connectivity index (χ2v) is 14.3. The lowest BCUT2D eigenvalue weighted by Gasteiger charge is -2.18. The average molecular weight is 729 g/mol. The number of carbonyl (C=O) groups excluding carboxylic acids is 3. The lowest BCUT2D eigenvalue weighted by molar-refractivity contribution is -0.167. The van der Waals surface area contributed by atoms with E-state index in [2.05, 4.69) is 69.4 Å². The van der Waals surface area contributed by atoms with Crippen molar-refractivity contribution in [2.24, 2.45) is 0 Å². The summed E-state index contributed by atoms with van der Waals surface area (Å²) in [6.07, 6.45) is 46.7. The third-order valence-electron chi connectivity index (χ3n) is 9.13. The third-order valence-corrected chi connectivity index (χ3v) is 9.13. The quantitative estimate of drug-likeness (QED) is 0.0207. The van der Waals surface area contributed by atoms with Gasteiger partial charge < -0.3 is 14.2 Å². The molecule has 0 radical (unpaired) electrons. The van der Waals surface area contributed by atoms with E-state index in [1.807, 2.05) is 0 Å². The largest absolute Gasteiger partial charge is 0.462 e. The van der Waals surface area contributed by atoms with E-state index in [4.69, 9.17) is 14.2 Å². The maximum atomic E-state index is 12.6. The molecule has 1 unspecified atom stereocenters. The van der Waals surface area contributed by atoms with Crippen molar-refractivity contribution in [3.63, 3.8) is 0 Å². The lowest BCUT2D eigenvalue weighted by atomic mass is 10.1. The molecule has 0 N–H and O–H groups in total. The highest BCUT2D eigenvalue weighted by molar-refractivity contribution is 5.71. The Balaban J connectivity index is 4.36. The number of unbranched alkanes of at least 4 members (excludes halogenated alkanes) is 21. The molecule has 0 bridgehead atoms. The summed E-state index contributed by atoms with van der Waals surface area (Å²) < 4.78 is 16.6. The number of ether oxygens (including phenoxy) is 3. The fraction of sp³-hybridized carbons (Fsp3) is 0.761. The first-order valence-corrected chi connectivity index (χ1v) is 21.7. The zero-order valence-electron chi connectivity index (χ0n) is 34.1. The normalized spacial score (nSPS) is 12.4. The Morgan fingerprint density at radius 2 is 0.788 bits per heavy atom. The SMILES string of the molecule is CC\C=C/C=C\C=C/CCCCCCCCCC(=O)OCC(COC(=O)CCCCCCCCCCC)OC(=O)CCCCCC/C=C\CCCC. The van der Waals surface area contributed by atoms with Gasteiger partial charge in [0.15, 0.2) is 6.10 Å². The Bertz CT molecular complexity index is 933. The summed E-state index contributed by atoms with van der Waals surface area (Å²) in [6.45, 7) is 6.41. The van der Waals surface area contributed by atoms with Crippen LogP contribution in [0.1, 0.15) is 207 Å². The van der Waals surface area contributed by atoms with Crippen molar-refractivity contribution >= 4 is 17.9 Å². The van der Waals surface area contributed by atoms with Gasteiger partial charge in [-0.05, 0) is 57.8 Å². The molecule has 0 saturated heterocycles. The van der Waals surface area contributed by atoms with Crippen LogP contribution >= 0.6 is 0 Å². The van der Waals surface area contributed by atoms with Crippen LogP contribution in [0.4, 0.5) is 0 Å². The highest BCUT2D eigenvalue weighted by Crippen LogP contribution is 2.13. The Hall–Kier alpha value is -2.63. The van der Waals surface area contributed by atoms with Crippen LogP contribution in [0, 0.1) is 0 Å². The summed E-state index contributed by atoms with van der Waals surface area (Å²) in [7, 11) is 0. The number of hydrogen-bond donors (Lipinski definition) is 0. The fourth-order valence-electron chi connectivity index (χ4n) is 5.83. The average Bonchev–Trinajstić information content (AvgIpc) is 3.14. The Morgan fingerprint density at radius 3 is 1.27 bits per heavy atom. The van der Waals surface area contributed by atoms with E-state index in [0.717, 1.165) is 89.9 Å². The maximum Gasteiger partial charge on any atom is 0.306 e. The molecule has 52 heavy (non-hydrogen) atoms. The zero-order chi connectivity index (χ0) is 38.0. The standard InChI is InChI=1S/C46H80O6/c1-4-7-10-13-16-19-21-22-23-24-25-28-30-33-36-39-45(48)51-42-43(41-50-44(47)38-35-32-29-26-18-15-12-9-6-3)52-46(49)40-37-34-31-27-20-17-14-11-8-5-2/h7,10,13-14,16-17,19,21,43H,4-6,8-9,11-12,15,18,20,22-42H2,1-3H3/b10-7-,16-13-,17-14-,21-19-. The van der Waals surface area contributed by atoms with E-state index in [9.17, 15) is 14.4 Å². The van der Waals surface area contributed by atoms with E-state index in [-0.39, 0.29) is 31.1 Å². The second kappa shape index (κ2) is 41.1. The molecule has 0 aromatic carbocycles. The number of rotatable bonds is 38. The molecule has 0 aliphatic rings. The molecule has 0 aliphatic carbocycles. The van der Waals surface area contributed by atoms with Crippen LogP contribution in [0.3, 0.4) is 0 Å². The first-order valence-electron chi connectivity index (χ1n) is 21.7. The van der Waals surface area contributed by atoms with E-state index < -0.39 is 6.10 Å². The molecule has 0 spiro atoms. The van der Waals surface area contributed by atoms with Gasteiger partial charge in [-0.2, -0.15) is 0 Å². The van der Waals surface area contributed by atoms with Crippen LogP contribution in [-0.2, 0) is 28.6 Å². The molecule has 1 atom stereocenters. The minimum Gasteiger partial charge on any atom is -0.462 e. The van der Waals surface area contributed by atoms with Crippen LogP contribution in [0.25, 0.3) is 0 Å². The van der Waals surface area contributed by atoms with Crippen molar-refractivity contribution in [1.82, 2.24) is 0 Å². The molecule has 6 nitrogen and oxygen atoms in total. The smallest absolute Gasteiger partial charge is 0.306 e. The molecule has 0 aliphatic heterocycles. The molecule has 0 aromatic rings. The molecule has 0 saturated carbocycles. The molecule has 6 heteroatoms. The highest BCUT2D eigenvalue weighted by atomic mass is 16.6. The number of esters is 3. The van der Waals surface area contributed by atoms with Gasteiger partial charge in [0.1, 0.15) is 13.2 Å². The first-order chi connectivity index (χ1) is 25.5. The Morgan fingerprint density at radius 1 is 0.404 bits per heavy atom. The van der Waals surface area contributed by atoms with Gasteiger partial charge >= 0.3 is 17.9 Å². The van der Waals surface area contributed by atoms with E-state index >= 15 is 0 Å². The van der Waals surface area contributed by atoms with Crippen LogP contribution in [0.15, 0.2) is 48.6 Å². The number of hydrogen-bond acceptors (Lipinski definition) is 6. The van der Waals surface area contributed by atoms with Crippen molar-refractivity contribution in [3.8, 4) is 0 Å². The Kier molecular flexibility index (Phi) is 39.1. The van der Waals surface area contributed by atoms with Gasteiger partial charge in [0, 0.05) is 19.3 Å². The molecular weight excluding hydrogens is 648 g/mol. The minimum atomic E-state index is -0.777. The van der Waals surface area contributed by atoms with Gasteiger partial charge in [0.05, 0.1) is 0 Å². The van der Waals surface area contributed by atoms with Crippen molar-refractivity contribution in [3.05, 3.63) is 48.6 Å². The van der Waals surface area contributed by atoms with Gasteiger partial charge in [-0.15, -0.1) is 0 Å². The number of carbonyl (C=O) groups is 3. The zero-order valence-corrected chi connectivity index (χ0v) is 34.1. The Labute approximate surface area is 320 Å². The number of allylic oxidation sites excluding steroid dienone is 8. The van der Waals surface area contributed by atoms with E-state index in [0.29, 0.717) is 19.3 Å². The van der Waals surface area contributed by atoms with Gasteiger partial charge in [-0.25, -0.2) is 0 Å². The summed E-state index contributed by atoms with van der Waals surface area (Å²) in [5, 5.41) is 0. The van der Waals surface area contributed by atoms with E-state index in [1.165, 1.54) is 77.0 Å². The molecule has 300 valence electrons. The van der Waals surface area contributed by atoms with Crippen molar-refractivity contribution in [1.29, 1.82) is 0 Å². The second-order valence-electron chi connectivity index (χ2n) is 14.3. The lowest BCUT2D eigenvalue weighted by Crippen LogP contribution is -2.30. The molecular formula is C46H80O6. The van der Waals surface area contributed by atoms with Crippen molar-refractivity contribution in [2.45, 2.75) is 213 Å². The van der Waals surface area contributed by atoms with Gasteiger partial charge in [-0.3, -0.25) is 14.4 Å². The predicted molar refractivity (Wildman–Crippen MR) is 219 cm³/mol. The molecule has 0 amide bonds. The molecule has 0 rings (SSSR count).